The molecule has 188 valence electrons. The highest BCUT2D eigenvalue weighted by atomic mass is 32.1. The first-order valence-corrected chi connectivity index (χ1v) is 12.3. The first kappa shape index (κ1) is 25.0. The van der Waals surface area contributed by atoms with E-state index in [0.29, 0.717) is 47.6 Å². The molecular weight excluding hydrogens is 470 g/mol. The molecule has 0 spiro atoms. The first-order valence-electron chi connectivity index (χ1n) is 11.5. The summed E-state index contributed by atoms with van der Waals surface area (Å²) in [7, 11) is 0. The van der Waals surface area contributed by atoms with Gasteiger partial charge in [0.05, 0.1) is 27.6 Å². The van der Waals surface area contributed by atoms with E-state index in [-0.39, 0.29) is 19.1 Å². The molecular formula is C25H31N3O6S. The third-order valence-electron chi connectivity index (χ3n) is 5.80. The lowest BCUT2D eigenvalue weighted by Gasteiger charge is -2.29. The summed E-state index contributed by atoms with van der Waals surface area (Å²) >= 11 is 1.57. The van der Waals surface area contributed by atoms with E-state index in [4.69, 9.17) is 13.9 Å². The van der Waals surface area contributed by atoms with Gasteiger partial charge < -0.3 is 29.2 Å². The number of thiazole rings is 1. The summed E-state index contributed by atoms with van der Waals surface area (Å²) in [4.78, 5) is 32.6. The molecule has 1 aliphatic heterocycles. The molecule has 1 fully saturated rings. The second-order valence-electron chi connectivity index (χ2n) is 9.87. The number of aromatic nitrogens is 1. The minimum absolute atomic E-state index is 0.154. The van der Waals surface area contributed by atoms with E-state index in [1.807, 2.05) is 6.92 Å². The van der Waals surface area contributed by atoms with Gasteiger partial charge in [0.1, 0.15) is 29.3 Å². The molecule has 9 nitrogen and oxygen atoms in total. The number of hydrogen-bond acceptors (Lipinski definition) is 8. The molecule has 0 aliphatic carbocycles. The molecule has 1 aromatic carbocycles. The van der Waals surface area contributed by atoms with Crippen molar-refractivity contribution in [1.29, 1.82) is 0 Å². The molecule has 0 radical (unpaired) electrons. The smallest absolute Gasteiger partial charge is 0.410 e. The Labute approximate surface area is 208 Å². The van der Waals surface area contributed by atoms with Crippen LogP contribution in [0.5, 0.6) is 5.75 Å². The molecule has 2 amide bonds. The topological polar surface area (TPSA) is 114 Å². The molecule has 1 aliphatic rings. The number of amides is 2. The highest BCUT2D eigenvalue weighted by Crippen LogP contribution is 2.31. The van der Waals surface area contributed by atoms with Crippen LogP contribution in [0, 0.1) is 13.8 Å². The highest BCUT2D eigenvalue weighted by Gasteiger charge is 2.42. The highest BCUT2D eigenvalue weighted by molar-refractivity contribution is 7.11. The van der Waals surface area contributed by atoms with E-state index >= 15 is 0 Å². The molecule has 10 heteroatoms. The number of carbonyl (C=O) groups is 2. The summed E-state index contributed by atoms with van der Waals surface area (Å²) in [5.74, 6) is 0.687. The number of rotatable bonds is 6. The Morgan fingerprint density at radius 1 is 1.31 bits per heavy atom. The van der Waals surface area contributed by atoms with E-state index in [1.54, 1.807) is 63.4 Å². The molecule has 1 unspecified atom stereocenters. The Kier molecular flexibility index (Phi) is 6.79. The number of nitrogens with zero attached hydrogens (tertiary/aromatic N) is 2. The number of aryl methyl sites for hydroxylation is 2. The van der Waals surface area contributed by atoms with Crippen LogP contribution < -0.4 is 10.1 Å². The molecule has 35 heavy (non-hydrogen) atoms. The van der Waals surface area contributed by atoms with Gasteiger partial charge in [-0.1, -0.05) is 0 Å². The fourth-order valence-corrected chi connectivity index (χ4v) is 4.83. The quantitative estimate of drug-likeness (QED) is 0.521. The average Bonchev–Trinajstić information content (AvgIpc) is 3.47. The molecule has 4 rings (SSSR count). The van der Waals surface area contributed by atoms with Crippen molar-refractivity contribution in [3.05, 3.63) is 45.6 Å². The number of furan rings is 1. The van der Waals surface area contributed by atoms with E-state index in [9.17, 15) is 14.7 Å². The van der Waals surface area contributed by atoms with Gasteiger partial charge >= 0.3 is 6.09 Å². The Morgan fingerprint density at radius 3 is 2.74 bits per heavy atom. The summed E-state index contributed by atoms with van der Waals surface area (Å²) in [5.41, 5.74) is -0.658. The van der Waals surface area contributed by atoms with Crippen molar-refractivity contribution in [2.75, 3.05) is 19.7 Å². The van der Waals surface area contributed by atoms with Gasteiger partial charge in [-0.3, -0.25) is 4.79 Å². The number of fused-ring (bicyclic) bond motifs is 1. The van der Waals surface area contributed by atoms with Crippen LogP contribution in [0.1, 0.15) is 53.2 Å². The Morgan fingerprint density at radius 2 is 2.09 bits per heavy atom. The van der Waals surface area contributed by atoms with E-state index in [2.05, 4.69) is 10.3 Å². The van der Waals surface area contributed by atoms with Crippen molar-refractivity contribution >= 4 is 34.3 Å². The summed E-state index contributed by atoms with van der Waals surface area (Å²) in [6.45, 7) is 9.65. The van der Waals surface area contributed by atoms with Crippen LogP contribution in [-0.4, -0.2) is 57.8 Å². The molecule has 1 saturated heterocycles. The number of likely N-dealkylation sites (tertiary alicyclic amines) is 1. The summed E-state index contributed by atoms with van der Waals surface area (Å²) < 4.78 is 17.2. The van der Waals surface area contributed by atoms with Crippen molar-refractivity contribution in [3.8, 4) is 5.75 Å². The van der Waals surface area contributed by atoms with Crippen molar-refractivity contribution < 1.29 is 28.6 Å². The second-order valence-corrected chi connectivity index (χ2v) is 11.2. The van der Waals surface area contributed by atoms with Gasteiger partial charge in [0.15, 0.2) is 0 Å². The van der Waals surface area contributed by atoms with Crippen LogP contribution in [0.25, 0.3) is 11.0 Å². The molecule has 3 heterocycles. The monoisotopic (exact) mass is 501 g/mol. The number of nitrogens with one attached hydrogen (secondary N) is 1. The van der Waals surface area contributed by atoms with Gasteiger partial charge in [0.25, 0.3) is 5.91 Å². The summed E-state index contributed by atoms with van der Waals surface area (Å²) in [6, 6.07) is 5.35. The van der Waals surface area contributed by atoms with E-state index in [1.165, 1.54) is 4.90 Å². The molecule has 0 bridgehead atoms. The minimum Gasteiger partial charge on any atom is -0.488 e. The van der Waals surface area contributed by atoms with Crippen LogP contribution in [-0.2, 0) is 11.3 Å². The predicted octanol–water partition coefficient (Wildman–Crippen LogP) is 4.19. The molecule has 2 N–H and O–H groups in total. The van der Waals surface area contributed by atoms with Crippen LogP contribution in [0.15, 0.2) is 28.8 Å². The maximum Gasteiger partial charge on any atom is 0.410 e. The van der Waals surface area contributed by atoms with Gasteiger partial charge in [-0.25, -0.2) is 9.78 Å². The SMILES string of the molecule is Cc1ncc(COc2ccc3oc(C)c(C(=O)NC4(CO)CCN(C(=O)OC(C)(C)C)C4)c3c2)s1. The van der Waals surface area contributed by atoms with Gasteiger partial charge in [-0.15, -0.1) is 11.3 Å². The van der Waals surface area contributed by atoms with Crippen molar-refractivity contribution in [2.45, 2.75) is 58.8 Å². The van der Waals surface area contributed by atoms with Gasteiger partial charge in [-0.05, 0) is 59.2 Å². The normalized spacial score (nSPS) is 18.2. The zero-order chi connectivity index (χ0) is 25.4. The number of ether oxygens (including phenoxy) is 2. The van der Waals surface area contributed by atoms with Gasteiger partial charge in [0.2, 0.25) is 0 Å². The van der Waals surface area contributed by atoms with Crippen LogP contribution in [0.2, 0.25) is 0 Å². The van der Waals surface area contributed by atoms with Crippen molar-refractivity contribution in [3.63, 3.8) is 0 Å². The lowest BCUT2D eigenvalue weighted by molar-refractivity contribution is 0.0268. The van der Waals surface area contributed by atoms with Crippen molar-refractivity contribution in [1.82, 2.24) is 15.2 Å². The lowest BCUT2D eigenvalue weighted by Crippen LogP contribution is -2.54. The van der Waals surface area contributed by atoms with Gasteiger partial charge in [0, 0.05) is 24.7 Å². The number of hydrogen-bond donors (Lipinski definition) is 2. The Bertz CT molecular complexity index is 1240. The Hall–Kier alpha value is -3.11. The van der Waals surface area contributed by atoms with Crippen molar-refractivity contribution in [2.24, 2.45) is 0 Å². The molecule has 0 saturated carbocycles. The van der Waals surface area contributed by atoms with E-state index < -0.39 is 17.2 Å². The fraction of sp³-hybridized carbons (Fsp3) is 0.480. The number of benzene rings is 1. The van der Waals surface area contributed by atoms with E-state index in [0.717, 1.165) is 9.88 Å². The number of aliphatic hydroxyl groups is 1. The average molecular weight is 502 g/mol. The maximum absolute atomic E-state index is 13.4. The van der Waals surface area contributed by atoms with Crippen LogP contribution in [0.4, 0.5) is 4.79 Å². The standard InChI is InChI=1S/C25H31N3O6S/c1-15-21(19-10-17(6-7-20(19)33-15)32-12-18-11-26-16(2)35-18)22(30)27-25(14-29)8-9-28(13-25)23(31)34-24(3,4)5/h6-7,10-11,29H,8-9,12-14H2,1-5H3,(H,27,30). The summed E-state index contributed by atoms with van der Waals surface area (Å²) in [5, 5.41) is 14.7. The molecule has 3 aromatic rings. The third-order valence-corrected chi connectivity index (χ3v) is 6.69. The zero-order valence-corrected chi connectivity index (χ0v) is 21.5. The largest absolute Gasteiger partial charge is 0.488 e. The maximum atomic E-state index is 13.4. The lowest BCUT2D eigenvalue weighted by atomic mass is 9.98. The van der Waals surface area contributed by atoms with Gasteiger partial charge in [-0.2, -0.15) is 0 Å². The number of carbonyl (C=O) groups excluding carboxylic acids is 2. The minimum atomic E-state index is -0.970. The second kappa shape index (κ2) is 9.50. The van der Waals surface area contributed by atoms with Crippen LogP contribution in [0.3, 0.4) is 0 Å². The summed E-state index contributed by atoms with van der Waals surface area (Å²) in [6.07, 6.45) is 1.73. The fourth-order valence-electron chi connectivity index (χ4n) is 4.13. The molecule has 2 aromatic heterocycles. The van der Waals surface area contributed by atoms with Crippen LogP contribution >= 0.6 is 11.3 Å². The number of aliphatic hydroxyl groups excluding tert-OH is 1. The first-order chi connectivity index (χ1) is 16.5. The third kappa shape index (κ3) is 5.59. The Balaban J connectivity index is 1.51. The zero-order valence-electron chi connectivity index (χ0n) is 20.6. The molecule has 1 atom stereocenters. The predicted molar refractivity (Wildman–Crippen MR) is 132 cm³/mol.